The molecule has 2 N–H and O–H groups in total. The van der Waals surface area contributed by atoms with E-state index < -0.39 is 10.7 Å². The molecule has 0 aromatic heterocycles. The highest BCUT2D eigenvalue weighted by atomic mass is 79.9. The van der Waals surface area contributed by atoms with Gasteiger partial charge in [-0.25, -0.2) is 0 Å². The van der Waals surface area contributed by atoms with E-state index in [0.717, 1.165) is 5.56 Å². The van der Waals surface area contributed by atoms with Crippen molar-refractivity contribution in [1.29, 1.82) is 0 Å². The Hall–Kier alpha value is -0.870. The molecule has 1 unspecified atom stereocenters. The molecule has 0 radical (unpaired) electrons. The number of rotatable bonds is 5. The Morgan fingerprint density at radius 2 is 2.07 bits per heavy atom. The number of hydrogen-bond donors (Lipinski definition) is 1. The molecule has 0 heterocycles. The molecular weight excluding hydrogens is 246 g/mol. The SMILES string of the molecule is NC(=O)C(Br)COCc1ccccc1. The summed E-state index contributed by atoms with van der Waals surface area (Å²) in [7, 11) is 0. The topological polar surface area (TPSA) is 52.3 Å². The Morgan fingerprint density at radius 1 is 1.43 bits per heavy atom. The van der Waals surface area contributed by atoms with Gasteiger partial charge >= 0.3 is 0 Å². The van der Waals surface area contributed by atoms with Gasteiger partial charge in [0.15, 0.2) is 0 Å². The monoisotopic (exact) mass is 257 g/mol. The summed E-state index contributed by atoms with van der Waals surface area (Å²) >= 11 is 3.12. The zero-order valence-electron chi connectivity index (χ0n) is 7.65. The molecule has 1 atom stereocenters. The minimum Gasteiger partial charge on any atom is -0.375 e. The number of carbonyl (C=O) groups is 1. The quantitative estimate of drug-likeness (QED) is 0.813. The third kappa shape index (κ3) is 3.89. The fraction of sp³-hybridized carbons (Fsp3) is 0.300. The highest BCUT2D eigenvalue weighted by Gasteiger charge is 2.09. The van der Waals surface area contributed by atoms with Crippen LogP contribution in [0.4, 0.5) is 0 Å². The van der Waals surface area contributed by atoms with Crippen molar-refractivity contribution >= 4 is 21.8 Å². The Balaban J connectivity index is 2.26. The lowest BCUT2D eigenvalue weighted by Gasteiger charge is -2.06. The van der Waals surface area contributed by atoms with E-state index in [-0.39, 0.29) is 0 Å². The second kappa shape index (κ2) is 5.78. The van der Waals surface area contributed by atoms with Crippen LogP contribution in [-0.2, 0) is 16.1 Å². The molecule has 1 aromatic carbocycles. The van der Waals surface area contributed by atoms with Crippen molar-refractivity contribution in [3.05, 3.63) is 35.9 Å². The number of ether oxygens (including phenoxy) is 1. The maximum Gasteiger partial charge on any atom is 0.233 e. The standard InChI is InChI=1S/C10H12BrNO2/c11-9(10(12)13)7-14-6-8-4-2-1-3-5-8/h1-5,9H,6-7H2,(H2,12,13). The fourth-order valence-corrected chi connectivity index (χ4v) is 1.12. The second-order valence-electron chi connectivity index (χ2n) is 2.87. The highest BCUT2D eigenvalue weighted by Crippen LogP contribution is 2.04. The second-order valence-corrected chi connectivity index (χ2v) is 3.98. The van der Waals surface area contributed by atoms with Gasteiger partial charge in [0.05, 0.1) is 13.2 Å². The van der Waals surface area contributed by atoms with Crippen molar-refractivity contribution in [2.45, 2.75) is 11.4 Å². The van der Waals surface area contributed by atoms with Gasteiger partial charge in [-0.2, -0.15) is 0 Å². The van der Waals surface area contributed by atoms with Crippen LogP contribution in [0.5, 0.6) is 0 Å². The molecule has 0 aliphatic carbocycles. The van der Waals surface area contributed by atoms with Crippen LogP contribution in [0.2, 0.25) is 0 Å². The lowest BCUT2D eigenvalue weighted by molar-refractivity contribution is -0.118. The van der Waals surface area contributed by atoms with Crippen molar-refractivity contribution in [2.24, 2.45) is 5.73 Å². The number of alkyl halides is 1. The Bertz CT molecular complexity index is 289. The zero-order chi connectivity index (χ0) is 10.4. The van der Waals surface area contributed by atoms with Crippen molar-refractivity contribution < 1.29 is 9.53 Å². The molecule has 4 heteroatoms. The molecule has 0 saturated heterocycles. The van der Waals surface area contributed by atoms with Crippen LogP contribution in [0, 0.1) is 0 Å². The summed E-state index contributed by atoms with van der Waals surface area (Å²) in [4.78, 5) is 10.2. The number of halogens is 1. The smallest absolute Gasteiger partial charge is 0.233 e. The summed E-state index contributed by atoms with van der Waals surface area (Å²) in [6.45, 7) is 0.792. The molecule has 0 saturated carbocycles. The molecule has 0 aliphatic rings. The largest absolute Gasteiger partial charge is 0.375 e. The number of hydrogen-bond acceptors (Lipinski definition) is 2. The van der Waals surface area contributed by atoms with E-state index in [2.05, 4.69) is 15.9 Å². The van der Waals surface area contributed by atoms with E-state index in [0.29, 0.717) is 13.2 Å². The molecular formula is C10H12BrNO2. The minimum atomic E-state index is -0.411. The van der Waals surface area contributed by atoms with Gasteiger partial charge in [-0.05, 0) is 5.56 Å². The van der Waals surface area contributed by atoms with E-state index >= 15 is 0 Å². The predicted molar refractivity (Wildman–Crippen MR) is 58.0 cm³/mol. The predicted octanol–water partition coefficient (Wildman–Crippen LogP) is 1.45. The maximum atomic E-state index is 10.6. The minimum absolute atomic E-state index is 0.296. The number of benzene rings is 1. The Labute approximate surface area is 91.4 Å². The van der Waals surface area contributed by atoms with Crippen LogP contribution < -0.4 is 5.73 Å². The van der Waals surface area contributed by atoms with E-state index in [4.69, 9.17) is 10.5 Å². The Kier molecular flexibility index (Phi) is 4.62. The van der Waals surface area contributed by atoms with Crippen LogP contribution in [0.25, 0.3) is 0 Å². The van der Waals surface area contributed by atoms with Crippen molar-refractivity contribution in [3.8, 4) is 0 Å². The van der Waals surface area contributed by atoms with Crippen molar-refractivity contribution in [2.75, 3.05) is 6.61 Å². The molecule has 14 heavy (non-hydrogen) atoms. The first-order chi connectivity index (χ1) is 6.70. The molecule has 1 amide bonds. The van der Waals surface area contributed by atoms with Crippen LogP contribution >= 0.6 is 15.9 Å². The normalized spacial score (nSPS) is 12.4. The number of carbonyl (C=O) groups excluding carboxylic acids is 1. The molecule has 3 nitrogen and oxygen atoms in total. The van der Waals surface area contributed by atoms with Gasteiger partial charge in [-0.3, -0.25) is 4.79 Å². The number of nitrogens with two attached hydrogens (primary N) is 1. The summed E-state index contributed by atoms with van der Waals surface area (Å²) in [6, 6.07) is 9.76. The van der Waals surface area contributed by atoms with Gasteiger partial charge in [0.2, 0.25) is 5.91 Å². The van der Waals surface area contributed by atoms with Gasteiger partial charge in [0.25, 0.3) is 0 Å². The fourth-order valence-electron chi connectivity index (χ4n) is 0.937. The first-order valence-corrected chi connectivity index (χ1v) is 5.17. The van der Waals surface area contributed by atoms with Gasteiger partial charge in [0.1, 0.15) is 4.83 Å². The van der Waals surface area contributed by atoms with Crippen LogP contribution in [0.3, 0.4) is 0 Å². The van der Waals surface area contributed by atoms with E-state index in [1.807, 2.05) is 30.3 Å². The van der Waals surface area contributed by atoms with Crippen molar-refractivity contribution in [3.63, 3.8) is 0 Å². The third-order valence-corrected chi connectivity index (χ3v) is 2.40. The molecule has 76 valence electrons. The van der Waals surface area contributed by atoms with Crippen LogP contribution in [0.1, 0.15) is 5.56 Å². The summed E-state index contributed by atoms with van der Waals surface area (Å²) < 4.78 is 5.30. The number of amides is 1. The average molecular weight is 258 g/mol. The van der Waals surface area contributed by atoms with E-state index in [1.165, 1.54) is 0 Å². The van der Waals surface area contributed by atoms with Crippen molar-refractivity contribution in [1.82, 2.24) is 0 Å². The maximum absolute atomic E-state index is 10.6. The van der Waals surface area contributed by atoms with E-state index in [9.17, 15) is 4.79 Å². The lowest BCUT2D eigenvalue weighted by atomic mass is 10.2. The third-order valence-electron chi connectivity index (χ3n) is 1.68. The molecule has 0 spiro atoms. The summed E-state index contributed by atoms with van der Waals surface area (Å²) in [5.74, 6) is -0.405. The van der Waals surface area contributed by atoms with Crippen LogP contribution in [0.15, 0.2) is 30.3 Å². The first-order valence-electron chi connectivity index (χ1n) is 4.25. The van der Waals surface area contributed by atoms with Gasteiger partial charge in [-0.1, -0.05) is 46.3 Å². The average Bonchev–Trinajstić information content (AvgIpc) is 2.19. The first kappa shape index (κ1) is 11.2. The zero-order valence-corrected chi connectivity index (χ0v) is 9.24. The molecule has 0 aliphatic heterocycles. The number of primary amides is 1. The molecule has 0 fully saturated rings. The summed E-state index contributed by atoms with van der Waals surface area (Å²) in [6.07, 6.45) is 0. The van der Waals surface area contributed by atoms with Gasteiger partial charge in [-0.15, -0.1) is 0 Å². The van der Waals surface area contributed by atoms with Gasteiger partial charge < -0.3 is 10.5 Å². The highest BCUT2D eigenvalue weighted by molar-refractivity contribution is 9.10. The lowest BCUT2D eigenvalue weighted by Crippen LogP contribution is -2.27. The van der Waals surface area contributed by atoms with Crippen LogP contribution in [-0.4, -0.2) is 17.3 Å². The van der Waals surface area contributed by atoms with Gasteiger partial charge in [0, 0.05) is 0 Å². The molecule has 1 aromatic rings. The van der Waals surface area contributed by atoms with E-state index in [1.54, 1.807) is 0 Å². The summed E-state index contributed by atoms with van der Waals surface area (Å²) in [5, 5.41) is 0. The summed E-state index contributed by atoms with van der Waals surface area (Å²) in [5.41, 5.74) is 6.13. The molecule has 0 bridgehead atoms. The molecule has 1 rings (SSSR count). The Morgan fingerprint density at radius 3 is 2.64 bits per heavy atom.